The zero-order chi connectivity index (χ0) is 14.4. The Kier molecular flexibility index (Phi) is 5.64. The molecule has 5 heteroatoms. The molecule has 1 fully saturated rings. The van der Waals surface area contributed by atoms with Crippen LogP contribution < -0.4 is 15.4 Å². The fourth-order valence-electron chi connectivity index (χ4n) is 2.55. The van der Waals surface area contributed by atoms with Crippen molar-refractivity contribution in [2.45, 2.75) is 12.5 Å². The van der Waals surface area contributed by atoms with E-state index in [0.29, 0.717) is 6.54 Å². The molecule has 1 aromatic carbocycles. The van der Waals surface area contributed by atoms with Gasteiger partial charge in [-0.05, 0) is 18.6 Å². The summed E-state index contributed by atoms with van der Waals surface area (Å²) in [5.41, 5.74) is 6.59. The van der Waals surface area contributed by atoms with Gasteiger partial charge in [-0.15, -0.1) is 0 Å². The lowest BCUT2D eigenvalue weighted by Gasteiger charge is -2.36. The molecule has 3 N–H and O–H groups in total. The Labute approximate surface area is 120 Å². The summed E-state index contributed by atoms with van der Waals surface area (Å²) in [5, 5.41) is 9.51. The number of ether oxygens (including phenoxy) is 1. The lowest BCUT2D eigenvalue weighted by atomic mass is 10.2. The molecule has 1 saturated heterocycles. The predicted molar refractivity (Wildman–Crippen MR) is 81.3 cm³/mol. The number of benzene rings is 1. The van der Waals surface area contributed by atoms with Crippen LogP contribution in [-0.2, 0) is 0 Å². The molecule has 0 saturated carbocycles. The van der Waals surface area contributed by atoms with Crippen LogP contribution in [0.5, 0.6) is 5.75 Å². The first-order valence-corrected chi connectivity index (χ1v) is 7.23. The lowest BCUT2D eigenvalue weighted by Crippen LogP contribution is -2.47. The Bertz CT molecular complexity index is 406. The predicted octanol–water partition coefficient (Wildman–Crippen LogP) is 0.527. The number of anilines is 1. The number of nitrogens with zero attached hydrogens (tertiary/aromatic N) is 2. The van der Waals surface area contributed by atoms with Crippen LogP contribution >= 0.6 is 0 Å². The summed E-state index contributed by atoms with van der Waals surface area (Å²) in [6.07, 6.45) is 0.382. The van der Waals surface area contributed by atoms with E-state index in [9.17, 15) is 5.11 Å². The summed E-state index contributed by atoms with van der Waals surface area (Å²) < 4.78 is 5.42. The molecule has 0 aromatic heterocycles. The highest BCUT2D eigenvalue weighted by Crippen LogP contribution is 2.28. The first-order valence-electron chi connectivity index (χ1n) is 7.23. The van der Waals surface area contributed by atoms with E-state index in [1.165, 1.54) is 0 Å². The average Bonchev–Trinajstić information content (AvgIpc) is 2.53. The summed E-state index contributed by atoms with van der Waals surface area (Å²) in [5.74, 6) is 0.930. The van der Waals surface area contributed by atoms with E-state index in [2.05, 4.69) is 15.9 Å². The molecule has 0 aliphatic carbocycles. The van der Waals surface area contributed by atoms with Crippen LogP contribution in [0.4, 0.5) is 5.69 Å². The van der Waals surface area contributed by atoms with Crippen LogP contribution in [0.1, 0.15) is 6.42 Å². The van der Waals surface area contributed by atoms with Crippen molar-refractivity contribution in [3.8, 4) is 5.75 Å². The van der Waals surface area contributed by atoms with Crippen molar-refractivity contribution in [3.05, 3.63) is 24.3 Å². The second-order valence-electron chi connectivity index (χ2n) is 5.18. The normalized spacial score (nSPS) is 18.1. The van der Waals surface area contributed by atoms with Gasteiger partial charge in [0.05, 0.1) is 18.9 Å². The second-order valence-corrected chi connectivity index (χ2v) is 5.18. The van der Waals surface area contributed by atoms with Gasteiger partial charge in [0.2, 0.25) is 0 Å². The van der Waals surface area contributed by atoms with Gasteiger partial charge in [-0.2, -0.15) is 0 Å². The first kappa shape index (κ1) is 15.1. The van der Waals surface area contributed by atoms with Gasteiger partial charge in [-0.1, -0.05) is 12.1 Å². The van der Waals surface area contributed by atoms with E-state index in [4.69, 9.17) is 10.5 Å². The van der Waals surface area contributed by atoms with Crippen LogP contribution in [0.3, 0.4) is 0 Å². The molecule has 1 unspecified atom stereocenters. The van der Waals surface area contributed by atoms with E-state index >= 15 is 0 Å². The molecule has 1 atom stereocenters. The maximum Gasteiger partial charge on any atom is 0.142 e. The molecule has 0 spiro atoms. The minimum Gasteiger partial charge on any atom is -0.495 e. The molecule has 0 bridgehead atoms. The van der Waals surface area contributed by atoms with Crippen LogP contribution in [-0.4, -0.2) is 62.5 Å². The molecule has 1 aliphatic rings. The highest BCUT2D eigenvalue weighted by Gasteiger charge is 2.19. The smallest absolute Gasteiger partial charge is 0.142 e. The standard InChI is InChI=1S/C15H25N3O2/c1-20-15-5-3-2-4-14(15)18-10-8-17(9-11-18)7-6-13(19)12-16/h2-5,13,19H,6-12,16H2,1H3. The molecule has 0 radical (unpaired) electrons. The molecule has 1 aliphatic heterocycles. The maximum atomic E-state index is 9.51. The number of para-hydroxylation sites is 2. The molecular weight excluding hydrogens is 254 g/mol. The van der Waals surface area contributed by atoms with Crippen molar-refractivity contribution in [1.82, 2.24) is 4.90 Å². The molecule has 2 rings (SSSR count). The first-order chi connectivity index (χ1) is 9.74. The lowest BCUT2D eigenvalue weighted by molar-refractivity contribution is 0.144. The molecule has 0 amide bonds. The number of hydrogen-bond donors (Lipinski definition) is 2. The minimum absolute atomic E-state index is 0.348. The fraction of sp³-hybridized carbons (Fsp3) is 0.600. The van der Waals surface area contributed by atoms with Crippen LogP contribution in [0.25, 0.3) is 0 Å². The van der Waals surface area contributed by atoms with Gasteiger partial charge >= 0.3 is 0 Å². The monoisotopic (exact) mass is 279 g/mol. The summed E-state index contributed by atoms with van der Waals surface area (Å²) >= 11 is 0. The van der Waals surface area contributed by atoms with Gasteiger partial charge in [0.1, 0.15) is 5.75 Å². The fourth-order valence-corrected chi connectivity index (χ4v) is 2.55. The number of nitrogens with two attached hydrogens (primary N) is 1. The van der Waals surface area contributed by atoms with Crippen molar-refractivity contribution < 1.29 is 9.84 Å². The summed E-state index contributed by atoms with van der Waals surface area (Å²) in [6.45, 7) is 5.25. The molecule has 20 heavy (non-hydrogen) atoms. The molecule has 1 aromatic rings. The van der Waals surface area contributed by atoms with Gasteiger partial charge in [-0.25, -0.2) is 0 Å². The largest absolute Gasteiger partial charge is 0.495 e. The third-order valence-electron chi connectivity index (χ3n) is 3.85. The number of hydrogen-bond acceptors (Lipinski definition) is 5. The van der Waals surface area contributed by atoms with E-state index in [1.54, 1.807) is 7.11 Å². The highest BCUT2D eigenvalue weighted by molar-refractivity contribution is 5.58. The summed E-state index contributed by atoms with van der Waals surface area (Å²) in [4.78, 5) is 4.74. The molecule has 1 heterocycles. The van der Waals surface area contributed by atoms with Crippen molar-refractivity contribution >= 4 is 5.69 Å². The Morgan fingerprint density at radius 1 is 1.25 bits per heavy atom. The number of piperazine rings is 1. The SMILES string of the molecule is COc1ccccc1N1CCN(CCC(O)CN)CC1. The maximum absolute atomic E-state index is 9.51. The number of rotatable bonds is 6. The van der Waals surface area contributed by atoms with E-state index < -0.39 is 0 Å². The quantitative estimate of drug-likeness (QED) is 0.795. The zero-order valence-electron chi connectivity index (χ0n) is 12.2. The Hall–Kier alpha value is -1.30. The third-order valence-corrected chi connectivity index (χ3v) is 3.85. The van der Waals surface area contributed by atoms with Crippen LogP contribution in [0.15, 0.2) is 24.3 Å². The van der Waals surface area contributed by atoms with Crippen molar-refractivity contribution in [3.63, 3.8) is 0 Å². The summed E-state index contributed by atoms with van der Waals surface area (Å²) in [7, 11) is 1.71. The van der Waals surface area contributed by atoms with Gasteiger partial charge in [0.15, 0.2) is 0 Å². The third kappa shape index (κ3) is 3.85. The summed E-state index contributed by atoms with van der Waals surface area (Å²) in [6, 6.07) is 8.14. The topological polar surface area (TPSA) is 62.0 Å². The van der Waals surface area contributed by atoms with Crippen molar-refractivity contribution in [2.75, 3.05) is 51.3 Å². The van der Waals surface area contributed by atoms with Crippen molar-refractivity contribution in [1.29, 1.82) is 0 Å². The Morgan fingerprint density at radius 3 is 2.60 bits per heavy atom. The van der Waals surface area contributed by atoms with E-state index in [-0.39, 0.29) is 6.10 Å². The van der Waals surface area contributed by atoms with E-state index in [1.807, 2.05) is 18.2 Å². The van der Waals surface area contributed by atoms with Gasteiger partial charge in [0.25, 0.3) is 0 Å². The van der Waals surface area contributed by atoms with Gasteiger partial charge in [-0.3, -0.25) is 4.90 Å². The number of aliphatic hydroxyl groups excluding tert-OH is 1. The molecule has 112 valence electrons. The second kappa shape index (κ2) is 7.47. The van der Waals surface area contributed by atoms with Gasteiger partial charge in [0, 0.05) is 39.3 Å². The highest BCUT2D eigenvalue weighted by atomic mass is 16.5. The Morgan fingerprint density at radius 2 is 1.95 bits per heavy atom. The van der Waals surface area contributed by atoms with Crippen molar-refractivity contribution in [2.24, 2.45) is 5.73 Å². The molecular formula is C15H25N3O2. The van der Waals surface area contributed by atoms with E-state index in [0.717, 1.165) is 50.6 Å². The number of aliphatic hydroxyl groups is 1. The minimum atomic E-state index is -0.373. The van der Waals surface area contributed by atoms with Crippen LogP contribution in [0, 0.1) is 0 Å². The van der Waals surface area contributed by atoms with Gasteiger partial charge < -0.3 is 20.5 Å². The average molecular weight is 279 g/mol. The number of methoxy groups -OCH3 is 1. The zero-order valence-corrected chi connectivity index (χ0v) is 12.2. The van der Waals surface area contributed by atoms with Crippen LogP contribution in [0.2, 0.25) is 0 Å². The Balaban J connectivity index is 1.85. The molecule has 5 nitrogen and oxygen atoms in total.